The van der Waals surface area contributed by atoms with Gasteiger partial charge in [0.2, 0.25) is 0 Å². The summed E-state index contributed by atoms with van der Waals surface area (Å²) in [7, 11) is 0. The van der Waals surface area contributed by atoms with E-state index in [9.17, 15) is 10.1 Å². The lowest BCUT2D eigenvalue weighted by atomic mass is 9.78. The minimum absolute atomic E-state index is 0.0660. The summed E-state index contributed by atoms with van der Waals surface area (Å²) < 4.78 is 0. The molecule has 1 saturated heterocycles. The summed E-state index contributed by atoms with van der Waals surface area (Å²) in [4.78, 5) is 13.5. The molecule has 0 amide bonds. The summed E-state index contributed by atoms with van der Waals surface area (Å²) in [6.07, 6.45) is 5.98. The fraction of sp³-hybridized carbons (Fsp3) is 0.625. The second-order valence-electron chi connectivity index (χ2n) is 6.36. The van der Waals surface area contributed by atoms with E-state index >= 15 is 0 Å². The molecular weight excluding hydrogens is 266 g/mol. The van der Waals surface area contributed by atoms with E-state index in [0.29, 0.717) is 0 Å². The molecule has 1 heterocycles. The van der Waals surface area contributed by atoms with Crippen molar-refractivity contribution >= 4 is 11.4 Å². The standard InChI is InChI=1S/C16H23N3O2/c1-13-5-6-14(15(11-13)19(20)21)18-10-9-17-12-16(18)7-3-2-4-8-16/h5-6,11,17H,2-4,7-10,12H2,1H3. The maximum absolute atomic E-state index is 11.5. The molecule has 114 valence electrons. The Balaban J connectivity index is 2.02. The number of hydrogen-bond donors (Lipinski definition) is 1. The van der Waals surface area contributed by atoms with Crippen LogP contribution in [0.25, 0.3) is 0 Å². The lowest BCUT2D eigenvalue weighted by Crippen LogP contribution is -2.62. The summed E-state index contributed by atoms with van der Waals surface area (Å²) in [6, 6.07) is 5.63. The van der Waals surface area contributed by atoms with E-state index in [1.54, 1.807) is 6.07 Å². The van der Waals surface area contributed by atoms with Crippen LogP contribution < -0.4 is 10.2 Å². The average Bonchev–Trinajstić information content (AvgIpc) is 2.49. The maximum atomic E-state index is 11.5. The first-order valence-electron chi connectivity index (χ1n) is 7.86. The van der Waals surface area contributed by atoms with Crippen LogP contribution in [0.5, 0.6) is 0 Å². The first-order valence-corrected chi connectivity index (χ1v) is 7.86. The lowest BCUT2D eigenvalue weighted by Gasteiger charge is -2.50. The van der Waals surface area contributed by atoms with Crippen LogP contribution in [0.4, 0.5) is 11.4 Å². The highest BCUT2D eigenvalue weighted by Gasteiger charge is 2.41. The van der Waals surface area contributed by atoms with E-state index in [-0.39, 0.29) is 16.1 Å². The van der Waals surface area contributed by atoms with Crippen LogP contribution in [0.15, 0.2) is 18.2 Å². The van der Waals surface area contributed by atoms with Crippen LogP contribution in [0.3, 0.4) is 0 Å². The first-order chi connectivity index (χ1) is 10.1. The summed E-state index contributed by atoms with van der Waals surface area (Å²) in [5.41, 5.74) is 2.06. The number of nitro benzene ring substituents is 1. The maximum Gasteiger partial charge on any atom is 0.292 e. The van der Waals surface area contributed by atoms with Crippen LogP contribution >= 0.6 is 0 Å². The lowest BCUT2D eigenvalue weighted by molar-refractivity contribution is -0.384. The van der Waals surface area contributed by atoms with Gasteiger partial charge in [0.05, 0.1) is 10.5 Å². The molecule has 1 aliphatic heterocycles. The van der Waals surface area contributed by atoms with Crippen LogP contribution in [-0.4, -0.2) is 30.1 Å². The molecule has 2 fully saturated rings. The van der Waals surface area contributed by atoms with Crippen molar-refractivity contribution in [2.45, 2.75) is 44.6 Å². The third-order valence-electron chi connectivity index (χ3n) is 4.94. The molecule has 5 nitrogen and oxygen atoms in total. The minimum Gasteiger partial charge on any atom is -0.358 e. The molecule has 1 N–H and O–H groups in total. The molecule has 1 spiro atoms. The molecule has 0 radical (unpaired) electrons. The molecular formula is C16H23N3O2. The normalized spacial score (nSPS) is 21.5. The molecule has 0 bridgehead atoms. The van der Waals surface area contributed by atoms with Crippen molar-refractivity contribution < 1.29 is 4.92 Å². The van der Waals surface area contributed by atoms with E-state index in [1.165, 1.54) is 19.3 Å². The Labute approximate surface area is 125 Å². The van der Waals surface area contributed by atoms with Gasteiger partial charge in [-0.25, -0.2) is 0 Å². The number of piperazine rings is 1. The Morgan fingerprint density at radius 2 is 2.05 bits per heavy atom. The van der Waals surface area contributed by atoms with Crippen molar-refractivity contribution in [3.05, 3.63) is 33.9 Å². The van der Waals surface area contributed by atoms with Crippen LogP contribution in [0, 0.1) is 17.0 Å². The third-order valence-corrected chi connectivity index (χ3v) is 4.94. The van der Waals surface area contributed by atoms with Gasteiger partial charge in [-0.2, -0.15) is 0 Å². The number of nitrogens with zero attached hydrogens (tertiary/aromatic N) is 2. The SMILES string of the molecule is Cc1ccc(N2CCNCC23CCCCC3)c([N+](=O)[O-])c1. The van der Waals surface area contributed by atoms with Gasteiger partial charge in [0.25, 0.3) is 5.69 Å². The fourth-order valence-corrected chi connectivity index (χ4v) is 3.89. The zero-order valence-electron chi connectivity index (χ0n) is 12.6. The Morgan fingerprint density at radius 3 is 2.76 bits per heavy atom. The minimum atomic E-state index is -0.235. The van der Waals surface area contributed by atoms with Gasteiger partial charge >= 0.3 is 0 Å². The molecule has 2 aliphatic rings. The van der Waals surface area contributed by atoms with E-state index in [4.69, 9.17) is 0 Å². The molecule has 0 unspecified atom stereocenters. The van der Waals surface area contributed by atoms with E-state index in [2.05, 4.69) is 10.2 Å². The molecule has 1 aromatic rings. The summed E-state index contributed by atoms with van der Waals surface area (Å²) in [5.74, 6) is 0. The number of hydrogen-bond acceptors (Lipinski definition) is 4. The Bertz CT molecular complexity index is 530. The van der Waals surface area contributed by atoms with Crippen molar-refractivity contribution in [3.8, 4) is 0 Å². The first kappa shape index (κ1) is 14.3. The highest BCUT2D eigenvalue weighted by molar-refractivity contribution is 5.66. The average molecular weight is 289 g/mol. The highest BCUT2D eigenvalue weighted by atomic mass is 16.6. The molecule has 1 saturated carbocycles. The number of nitro groups is 1. The largest absolute Gasteiger partial charge is 0.358 e. The van der Waals surface area contributed by atoms with Gasteiger partial charge in [-0.15, -0.1) is 0 Å². The number of benzene rings is 1. The third kappa shape index (κ3) is 2.62. The van der Waals surface area contributed by atoms with Gasteiger partial charge in [0.15, 0.2) is 0 Å². The van der Waals surface area contributed by atoms with Crippen LogP contribution in [0.1, 0.15) is 37.7 Å². The van der Waals surface area contributed by atoms with Crippen molar-refractivity contribution in [1.82, 2.24) is 5.32 Å². The Hall–Kier alpha value is -1.62. The van der Waals surface area contributed by atoms with Crippen molar-refractivity contribution in [2.24, 2.45) is 0 Å². The van der Waals surface area contributed by atoms with Crippen molar-refractivity contribution in [3.63, 3.8) is 0 Å². The van der Waals surface area contributed by atoms with Crippen LogP contribution in [0.2, 0.25) is 0 Å². The summed E-state index contributed by atoms with van der Waals surface area (Å²) in [6.45, 7) is 4.60. The summed E-state index contributed by atoms with van der Waals surface area (Å²) in [5, 5.41) is 14.9. The predicted molar refractivity (Wildman–Crippen MR) is 83.9 cm³/mol. The second kappa shape index (κ2) is 5.64. The zero-order chi connectivity index (χ0) is 14.9. The number of aryl methyl sites for hydroxylation is 1. The van der Waals surface area contributed by atoms with E-state index < -0.39 is 0 Å². The van der Waals surface area contributed by atoms with Crippen LogP contribution in [-0.2, 0) is 0 Å². The number of anilines is 1. The fourth-order valence-electron chi connectivity index (χ4n) is 3.89. The zero-order valence-corrected chi connectivity index (χ0v) is 12.6. The van der Waals surface area contributed by atoms with E-state index in [0.717, 1.165) is 43.7 Å². The van der Waals surface area contributed by atoms with Crippen molar-refractivity contribution in [2.75, 3.05) is 24.5 Å². The quantitative estimate of drug-likeness (QED) is 0.671. The molecule has 3 rings (SSSR count). The van der Waals surface area contributed by atoms with Crippen molar-refractivity contribution in [1.29, 1.82) is 0 Å². The number of rotatable bonds is 2. The van der Waals surface area contributed by atoms with Gasteiger partial charge in [-0.05, 0) is 31.4 Å². The Morgan fingerprint density at radius 1 is 1.29 bits per heavy atom. The summed E-state index contributed by atoms with van der Waals surface area (Å²) >= 11 is 0. The molecule has 21 heavy (non-hydrogen) atoms. The molecule has 0 aromatic heterocycles. The molecule has 0 atom stereocenters. The second-order valence-corrected chi connectivity index (χ2v) is 6.36. The molecule has 1 aliphatic carbocycles. The molecule has 5 heteroatoms. The smallest absolute Gasteiger partial charge is 0.292 e. The van der Waals surface area contributed by atoms with Gasteiger partial charge in [-0.3, -0.25) is 10.1 Å². The topological polar surface area (TPSA) is 58.4 Å². The van der Waals surface area contributed by atoms with E-state index in [1.807, 2.05) is 19.1 Å². The molecule has 1 aromatic carbocycles. The number of nitrogens with one attached hydrogen (secondary N) is 1. The van der Waals surface area contributed by atoms with Gasteiger partial charge < -0.3 is 10.2 Å². The predicted octanol–water partition coefficient (Wildman–Crippen LogP) is 3.02. The Kier molecular flexibility index (Phi) is 3.85. The van der Waals surface area contributed by atoms with Gasteiger partial charge in [0, 0.05) is 25.7 Å². The highest BCUT2D eigenvalue weighted by Crippen LogP contribution is 2.41. The van der Waals surface area contributed by atoms with Gasteiger partial charge in [-0.1, -0.05) is 25.3 Å². The van der Waals surface area contributed by atoms with Gasteiger partial charge in [0.1, 0.15) is 5.69 Å². The monoisotopic (exact) mass is 289 g/mol.